The van der Waals surface area contributed by atoms with Gasteiger partial charge in [-0.1, -0.05) is 13.3 Å². The molecule has 3 N–H and O–H groups in total. The Balaban J connectivity index is 2.16. The highest BCUT2D eigenvalue weighted by atomic mass is 16.5. The highest BCUT2D eigenvalue weighted by molar-refractivity contribution is 5.83. The van der Waals surface area contributed by atoms with E-state index in [1.54, 1.807) is 0 Å². The molecule has 2 unspecified atom stereocenters. The third-order valence-electron chi connectivity index (χ3n) is 3.65. The smallest absolute Gasteiger partial charge is 0.227 e. The Bertz CT molecular complexity index is 246. The third-order valence-corrected chi connectivity index (χ3v) is 3.65. The first kappa shape index (κ1) is 14.5. The fraction of sp³-hybridized carbons (Fsp3) is 0.923. The van der Waals surface area contributed by atoms with Crippen LogP contribution in [0.3, 0.4) is 0 Å². The van der Waals surface area contributed by atoms with Crippen LogP contribution in [0.15, 0.2) is 0 Å². The van der Waals surface area contributed by atoms with Crippen LogP contribution in [0.25, 0.3) is 0 Å². The number of nitrogens with two attached hydrogens (primary N) is 1. The average molecular weight is 242 g/mol. The molecule has 17 heavy (non-hydrogen) atoms. The van der Waals surface area contributed by atoms with Crippen molar-refractivity contribution >= 4 is 5.91 Å². The second-order valence-electron chi connectivity index (χ2n) is 5.14. The first-order valence-corrected chi connectivity index (χ1v) is 6.73. The fourth-order valence-electron chi connectivity index (χ4n) is 2.30. The zero-order valence-corrected chi connectivity index (χ0v) is 11.1. The molecule has 1 aliphatic carbocycles. The van der Waals surface area contributed by atoms with E-state index in [4.69, 9.17) is 10.5 Å². The van der Waals surface area contributed by atoms with Crippen LogP contribution < -0.4 is 11.1 Å². The lowest BCUT2D eigenvalue weighted by Crippen LogP contribution is -2.47. The molecule has 0 aromatic heterocycles. The van der Waals surface area contributed by atoms with Gasteiger partial charge in [0.15, 0.2) is 0 Å². The van der Waals surface area contributed by atoms with Gasteiger partial charge in [0, 0.05) is 25.8 Å². The molecule has 0 aromatic rings. The summed E-state index contributed by atoms with van der Waals surface area (Å²) in [6.45, 7) is 6.27. The van der Waals surface area contributed by atoms with E-state index in [-0.39, 0.29) is 17.4 Å². The molecule has 100 valence electrons. The van der Waals surface area contributed by atoms with E-state index < -0.39 is 0 Å². The van der Waals surface area contributed by atoms with Gasteiger partial charge in [-0.25, -0.2) is 0 Å². The highest BCUT2D eigenvalue weighted by Gasteiger charge is 2.42. The number of rotatable bonds is 7. The Morgan fingerprint density at radius 3 is 2.88 bits per heavy atom. The van der Waals surface area contributed by atoms with Crippen LogP contribution in [-0.2, 0) is 9.53 Å². The van der Waals surface area contributed by atoms with Gasteiger partial charge in [-0.15, -0.1) is 0 Å². The van der Waals surface area contributed by atoms with Gasteiger partial charge in [-0.3, -0.25) is 4.79 Å². The van der Waals surface area contributed by atoms with Crippen LogP contribution in [0.4, 0.5) is 0 Å². The standard InChI is InChI=1S/C13H26N2O2/c1-3-9-17-10-5-8-15-12(16)13(2)7-4-6-11(13)14/h11H,3-10,14H2,1-2H3,(H,15,16). The summed E-state index contributed by atoms with van der Waals surface area (Å²) in [5.74, 6) is 0.109. The molecular formula is C13H26N2O2. The Hall–Kier alpha value is -0.610. The highest BCUT2D eigenvalue weighted by Crippen LogP contribution is 2.36. The van der Waals surface area contributed by atoms with E-state index in [0.29, 0.717) is 6.54 Å². The number of carbonyl (C=O) groups is 1. The molecule has 4 heteroatoms. The van der Waals surface area contributed by atoms with Crippen LogP contribution in [-0.4, -0.2) is 31.7 Å². The normalized spacial score (nSPS) is 28.3. The van der Waals surface area contributed by atoms with E-state index in [0.717, 1.165) is 45.3 Å². The predicted octanol–water partition coefficient (Wildman–Crippen LogP) is 1.44. The summed E-state index contributed by atoms with van der Waals surface area (Å²) >= 11 is 0. The number of carbonyl (C=O) groups excluding carboxylic acids is 1. The van der Waals surface area contributed by atoms with Crippen molar-refractivity contribution in [1.29, 1.82) is 0 Å². The minimum absolute atomic E-state index is 0.0128. The van der Waals surface area contributed by atoms with Crippen molar-refractivity contribution in [3.8, 4) is 0 Å². The summed E-state index contributed by atoms with van der Waals surface area (Å²) in [4.78, 5) is 12.0. The first-order chi connectivity index (χ1) is 8.11. The summed E-state index contributed by atoms with van der Waals surface area (Å²) in [6, 6.07) is 0.0128. The quantitative estimate of drug-likeness (QED) is 0.664. The maximum atomic E-state index is 12.0. The van der Waals surface area contributed by atoms with Gasteiger partial charge in [-0.05, 0) is 32.6 Å². The second kappa shape index (κ2) is 6.97. The van der Waals surface area contributed by atoms with Crippen molar-refractivity contribution < 1.29 is 9.53 Å². The zero-order chi connectivity index (χ0) is 12.7. The lowest BCUT2D eigenvalue weighted by molar-refractivity contribution is -0.130. The predicted molar refractivity (Wildman–Crippen MR) is 68.7 cm³/mol. The maximum absolute atomic E-state index is 12.0. The molecule has 1 aliphatic rings. The second-order valence-corrected chi connectivity index (χ2v) is 5.14. The zero-order valence-electron chi connectivity index (χ0n) is 11.1. The summed E-state index contributed by atoms with van der Waals surface area (Å²) in [6.07, 6.45) is 4.84. The molecule has 0 spiro atoms. The van der Waals surface area contributed by atoms with E-state index in [2.05, 4.69) is 12.2 Å². The lowest BCUT2D eigenvalue weighted by atomic mass is 9.84. The third kappa shape index (κ3) is 3.96. The molecule has 1 rings (SSSR count). The molecule has 1 amide bonds. The minimum atomic E-state index is -0.357. The van der Waals surface area contributed by atoms with Gasteiger partial charge >= 0.3 is 0 Å². The molecule has 0 saturated heterocycles. The van der Waals surface area contributed by atoms with Gasteiger partial charge in [0.2, 0.25) is 5.91 Å². The fourth-order valence-corrected chi connectivity index (χ4v) is 2.30. The lowest BCUT2D eigenvalue weighted by Gasteiger charge is -2.27. The van der Waals surface area contributed by atoms with Crippen LogP contribution in [0.2, 0.25) is 0 Å². The van der Waals surface area contributed by atoms with Crippen LogP contribution in [0, 0.1) is 5.41 Å². The largest absolute Gasteiger partial charge is 0.381 e. The Morgan fingerprint density at radius 2 is 2.29 bits per heavy atom. The average Bonchev–Trinajstić information content (AvgIpc) is 2.65. The molecule has 0 aliphatic heterocycles. The topological polar surface area (TPSA) is 64.3 Å². The van der Waals surface area contributed by atoms with Crippen LogP contribution in [0.1, 0.15) is 46.0 Å². The van der Waals surface area contributed by atoms with Gasteiger partial charge in [-0.2, -0.15) is 0 Å². The van der Waals surface area contributed by atoms with Gasteiger partial charge in [0.25, 0.3) is 0 Å². The van der Waals surface area contributed by atoms with E-state index in [9.17, 15) is 4.79 Å². The monoisotopic (exact) mass is 242 g/mol. The maximum Gasteiger partial charge on any atom is 0.227 e. The summed E-state index contributed by atoms with van der Waals surface area (Å²) in [5, 5.41) is 2.97. The van der Waals surface area contributed by atoms with Crippen molar-refractivity contribution in [2.75, 3.05) is 19.8 Å². The number of hydrogen-bond acceptors (Lipinski definition) is 3. The van der Waals surface area contributed by atoms with E-state index >= 15 is 0 Å². The molecule has 1 fully saturated rings. The van der Waals surface area contributed by atoms with Crippen molar-refractivity contribution in [2.45, 2.75) is 52.0 Å². The van der Waals surface area contributed by atoms with Crippen molar-refractivity contribution in [3.63, 3.8) is 0 Å². The van der Waals surface area contributed by atoms with Gasteiger partial charge in [0.05, 0.1) is 5.41 Å². The Kier molecular flexibility index (Phi) is 5.92. The van der Waals surface area contributed by atoms with Crippen molar-refractivity contribution in [1.82, 2.24) is 5.32 Å². The van der Waals surface area contributed by atoms with Gasteiger partial charge in [0.1, 0.15) is 0 Å². The molecule has 4 nitrogen and oxygen atoms in total. The van der Waals surface area contributed by atoms with Gasteiger partial charge < -0.3 is 15.8 Å². The molecule has 2 atom stereocenters. The number of hydrogen-bond donors (Lipinski definition) is 2. The number of ether oxygens (including phenoxy) is 1. The molecule has 0 aromatic carbocycles. The number of amides is 1. The van der Waals surface area contributed by atoms with E-state index in [1.807, 2.05) is 6.92 Å². The molecular weight excluding hydrogens is 216 g/mol. The van der Waals surface area contributed by atoms with Crippen LogP contribution in [0.5, 0.6) is 0 Å². The van der Waals surface area contributed by atoms with Crippen molar-refractivity contribution in [2.24, 2.45) is 11.1 Å². The minimum Gasteiger partial charge on any atom is -0.381 e. The summed E-state index contributed by atoms with van der Waals surface area (Å²) < 4.78 is 5.36. The van der Waals surface area contributed by atoms with Crippen molar-refractivity contribution in [3.05, 3.63) is 0 Å². The molecule has 0 heterocycles. The van der Waals surface area contributed by atoms with Crippen LogP contribution >= 0.6 is 0 Å². The number of nitrogens with one attached hydrogen (secondary N) is 1. The Labute approximate surface area is 104 Å². The molecule has 1 saturated carbocycles. The first-order valence-electron chi connectivity index (χ1n) is 6.73. The molecule has 0 bridgehead atoms. The summed E-state index contributed by atoms with van der Waals surface area (Å²) in [7, 11) is 0. The molecule has 0 radical (unpaired) electrons. The Morgan fingerprint density at radius 1 is 1.53 bits per heavy atom. The SMILES string of the molecule is CCCOCCCNC(=O)C1(C)CCCC1N. The summed E-state index contributed by atoms with van der Waals surface area (Å²) in [5.41, 5.74) is 5.64. The van der Waals surface area contributed by atoms with E-state index in [1.165, 1.54) is 0 Å².